The second-order valence-electron chi connectivity index (χ2n) is 5.41. The van der Waals surface area contributed by atoms with E-state index in [1.54, 1.807) is 37.5 Å². The lowest BCUT2D eigenvalue weighted by molar-refractivity contribution is -0.129. The maximum absolute atomic E-state index is 12.1. The Bertz CT molecular complexity index is 834. The molecule has 1 saturated heterocycles. The lowest BCUT2D eigenvalue weighted by Gasteiger charge is -2.13. The molecule has 0 amide bonds. The zero-order valence-electron chi connectivity index (χ0n) is 13.9. The van der Waals surface area contributed by atoms with Crippen molar-refractivity contribution >= 4 is 58.8 Å². The van der Waals surface area contributed by atoms with Gasteiger partial charge in [0.05, 0.1) is 21.7 Å². The first-order valence-electron chi connectivity index (χ1n) is 7.83. The molecule has 3 nitrogen and oxygen atoms in total. The van der Waals surface area contributed by atoms with Gasteiger partial charge in [-0.15, -0.1) is 23.5 Å². The summed E-state index contributed by atoms with van der Waals surface area (Å²) in [6.45, 7) is 0. The summed E-state index contributed by atoms with van der Waals surface area (Å²) in [6, 6.07) is 10.8. The zero-order chi connectivity index (χ0) is 18.5. The van der Waals surface area contributed by atoms with Gasteiger partial charge in [0.25, 0.3) is 0 Å². The van der Waals surface area contributed by atoms with Crippen LogP contribution in [-0.2, 0) is 4.79 Å². The van der Waals surface area contributed by atoms with Crippen LogP contribution in [0.1, 0.15) is 15.7 Å². The van der Waals surface area contributed by atoms with Crippen LogP contribution in [0.3, 0.4) is 0 Å². The van der Waals surface area contributed by atoms with Crippen molar-refractivity contribution in [1.29, 1.82) is 0 Å². The standard InChI is InChI=1S/C19H16Cl2O3S2/c1-23-17-11-13(19-25-8-9-26-19)4-6-16(17)24-18(22)7-3-12-2-5-14(20)15(21)10-12/h2-7,10-11,19H,8-9H2,1H3/b7-3+. The second-order valence-corrected chi connectivity index (χ2v) is 8.95. The van der Waals surface area contributed by atoms with Crippen LogP contribution in [0.5, 0.6) is 11.5 Å². The normalized spacial score (nSPS) is 14.7. The number of carbonyl (C=O) groups is 1. The van der Waals surface area contributed by atoms with Crippen LogP contribution >= 0.6 is 46.7 Å². The molecule has 26 heavy (non-hydrogen) atoms. The Morgan fingerprint density at radius 2 is 1.85 bits per heavy atom. The molecule has 7 heteroatoms. The average Bonchev–Trinajstić information content (AvgIpc) is 3.18. The summed E-state index contributed by atoms with van der Waals surface area (Å²) in [7, 11) is 1.57. The van der Waals surface area contributed by atoms with Gasteiger partial charge in [0.15, 0.2) is 11.5 Å². The Balaban J connectivity index is 1.69. The number of thioether (sulfide) groups is 2. The molecule has 0 aromatic heterocycles. The fraction of sp³-hybridized carbons (Fsp3) is 0.211. The van der Waals surface area contributed by atoms with E-state index in [1.807, 2.05) is 35.7 Å². The minimum absolute atomic E-state index is 0.396. The highest BCUT2D eigenvalue weighted by Crippen LogP contribution is 2.46. The monoisotopic (exact) mass is 426 g/mol. The van der Waals surface area contributed by atoms with E-state index < -0.39 is 5.97 Å². The molecule has 0 N–H and O–H groups in total. The lowest BCUT2D eigenvalue weighted by Crippen LogP contribution is -2.05. The van der Waals surface area contributed by atoms with Gasteiger partial charge in [-0.05, 0) is 41.5 Å². The Kier molecular flexibility index (Phi) is 6.81. The number of halogens is 2. The minimum atomic E-state index is -0.494. The number of carbonyl (C=O) groups excluding carboxylic acids is 1. The Labute approximate surface area is 171 Å². The molecule has 0 spiro atoms. The molecule has 2 aromatic carbocycles. The van der Waals surface area contributed by atoms with Crippen molar-refractivity contribution in [3.8, 4) is 11.5 Å². The fourth-order valence-electron chi connectivity index (χ4n) is 2.39. The topological polar surface area (TPSA) is 35.5 Å². The predicted octanol–water partition coefficient (Wildman–Crippen LogP) is 6.10. The maximum atomic E-state index is 12.1. The molecule has 1 fully saturated rings. The van der Waals surface area contributed by atoms with Gasteiger partial charge in [0, 0.05) is 17.6 Å². The molecular weight excluding hydrogens is 411 g/mol. The first kappa shape index (κ1) is 19.5. The van der Waals surface area contributed by atoms with E-state index in [0.717, 1.165) is 17.1 Å². The van der Waals surface area contributed by atoms with E-state index >= 15 is 0 Å². The SMILES string of the molecule is COc1cc(C2SCCS2)ccc1OC(=O)/C=C/c1ccc(Cl)c(Cl)c1. The van der Waals surface area contributed by atoms with Gasteiger partial charge in [-0.2, -0.15) is 0 Å². The van der Waals surface area contributed by atoms with Crippen LogP contribution in [0.2, 0.25) is 10.0 Å². The maximum Gasteiger partial charge on any atom is 0.336 e. The third-order valence-corrected chi connectivity index (χ3v) is 7.49. The summed E-state index contributed by atoms with van der Waals surface area (Å²) in [4.78, 5) is 12.1. The average molecular weight is 427 g/mol. The highest BCUT2D eigenvalue weighted by atomic mass is 35.5. The smallest absolute Gasteiger partial charge is 0.336 e. The molecule has 1 aliphatic heterocycles. The minimum Gasteiger partial charge on any atom is -0.493 e. The summed E-state index contributed by atoms with van der Waals surface area (Å²) in [5, 5.41) is 0.900. The first-order chi connectivity index (χ1) is 12.6. The van der Waals surface area contributed by atoms with Crippen LogP contribution in [0.25, 0.3) is 6.08 Å². The van der Waals surface area contributed by atoms with E-state index in [9.17, 15) is 4.79 Å². The van der Waals surface area contributed by atoms with Crippen molar-refractivity contribution in [2.75, 3.05) is 18.6 Å². The number of esters is 1. The zero-order valence-corrected chi connectivity index (χ0v) is 17.1. The van der Waals surface area contributed by atoms with Crippen molar-refractivity contribution in [2.45, 2.75) is 4.58 Å². The number of hydrogen-bond acceptors (Lipinski definition) is 5. The molecule has 1 heterocycles. The van der Waals surface area contributed by atoms with Gasteiger partial charge in [0.1, 0.15) is 0 Å². The predicted molar refractivity (Wildman–Crippen MR) is 112 cm³/mol. The number of hydrogen-bond donors (Lipinski definition) is 0. The van der Waals surface area contributed by atoms with Crippen LogP contribution in [0.4, 0.5) is 0 Å². The highest BCUT2D eigenvalue weighted by Gasteiger charge is 2.20. The number of rotatable bonds is 5. The molecule has 136 valence electrons. The molecule has 0 bridgehead atoms. The molecule has 0 atom stereocenters. The van der Waals surface area contributed by atoms with E-state index in [-0.39, 0.29) is 0 Å². The first-order valence-corrected chi connectivity index (χ1v) is 10.7. The Hall–Kier alpha value is -1.27. The quantitative estimate of drug-likeness (QED) is 0.327. The molecule has 3 rings (SSSR count). The van der Waals surface area contributed by atoms with Crippen molar-refractivity contribution in [2.24, 2.45) is 0 Å². The van der Waals surface area contributed by atoms with Gasteiger partial charge in [-0.25, -0.2) is 4.79 Å². The van der Waals surface area contributed by atoms with Gasteiger partial charge < -0.3 is 9.47 Å². The van der Waals surface area contributed by atoms with Crippen molar-refractivity contribution in [1.82, 2.24) is 0 Å². The Morgan fingerprint density at radius 3 is 2.54 bits per heavy atom. The van der Waals surface area contributed by atoms with Crippen LogP contribution < -0.4 is 9.47 Å². The summed E-state index contributed by atoms with van der Waals surface area (Å²) >= 11 is 15.7. The van der Waals surface area contributed by atoms with Crippen LogP contribution in [0.15, 0.2) is 42.5 Å². The summed E-state index contributed by atoms with van der Waals surface area (Å²) in [5.41, 5.74) is 1.93. The number of ether oxygens (including phenoxy) is 2. The largest absolute Gasteiger partial charge is 0.493 e. The van der Waals surface area contributed by atoms with Crippen molar-refractivity contribution in [3.63, 3.8) is 0 Å². The van der Waals surface area contributed by atoms with Gasteiger partial charge in [-0.3, -0.25) is 0 Å². The molecule has 2 aromatic rings. The number of benzene rings is 2. The number of methoxy groups -OCH3 is 1. The van der Waals surface area contributed by atoms with E-state index in [4.69, 9.17) is 32.7 Å². The second kappa shape index (κ2) is 9.09. The molecule has 0 saturated carbocycles. The molecule has 1 aliphatic rings. The lowest BCUT2D eigenvalue weighted by atomic mass is 10.2. The summed E-state index contributed by atoms with van der Waals surface area (Å²) < 4.78 is 11.2. The summed E-state index contributed by atoms with van der Waals surface area (Å²) in [6.07, 6.45) is 2.97. The van der Waals surface area contributed by atoms with E-state index in [1.165, 1.54) is 11.6 Å². The van der Waals surface area contributed by atoms with Crippen LogP contribution in [-0.4, -0.2) is 24.6 Å². The highest BCUT2D eigenvalue weighted by molar-refractivity contribution is 8.19. The van der Waals surface area contributed by atoms with Crippen molar-refractivity contribution in [3.05, 3.63) is 63.6 Å². The molecular formula is C19H16Cl2O3S2. The van der Waals surface area contributed by atoms with Gasteiger partial charge in [-0.1, -0.05) is 35.3 Å². The van der Waals surface area contributed by atoms with Crippen molar-refractivity contribution < 1.29 is 14.3 Å². The fourth-order valence-corrected chi connectivity index (χ4v) is 5.53. The third-order valence-electron chi connectivity index (χ3n) is 3.65. The molecule has 0 radical (unpaired) electrons. The third kappa shape index (κ3) is 4.92. The Morgan fingerprint density at radius 1 is 1.08 bits per heavy atom. The van der Waals surface area contributed by atoms with Gasteiger partial charge in [0.2, 0.25) is 0 Å². The summed E-state index contributed by atoms with van der Waals surface area (Å²) in [5.74, 6) is 2.74. The van der Waals surface area contributed by atoms with E-state index in [2.05, 4.69) is 0 Å². The van der Waals surface area contributed by atoms with Gasteiger partial charge >= 0.3 is 5.97 Å². The van der Waals surface area contributed by atoms with Crippen LogP contribution in [0, 0.1) is 0 Å². The molecule has 0 aliphatic carbocycles. The van der Waals surface area contributed by atoms with E-state index in [0.29, 0.717) is 26.1 Å². The molecule has 0 unspecified atom stereocenters.